The summed E-state index contributed by atoms with van der Waals surface area (Å²) in [4.78, 5) is 12.2. The molecule has 0 aliphatic heterocycles. The minimum absolute atomic E-state index is 0.263. The Bertz CT molecular complexity index is 773. The Balaban J connectivity index is 2.19. The van der Waals surface area contributed by atoms with Crippen molar-refractivity contribution in [1.82, 2.24) is 0 Å². The van der Waals surface area contributed by atoms with Crippen molar-refractivity contribution < 1.29 is 13.2 Å². The van der Waals surface area contributed by atoms with Crippen molar-refractivity contribution in [3.05, 3.63) is 59.7 Å². The number of hydrogen-bond acceptors (Lipinski definition) is 3. The monoisotopic (exact) mass is 305 g/mol. The van der Waals surface area contributed by atoms with Gasteiger partial charge in [0.25, 0.3) is 16.1 Å². The zero-order chi connectivity index (χ0) is 15.5. The van der Waals surface area contributed by atoms with Crippen molar-refractivity contribution in [2.24, 2.45) is 5.14 Å². The van der Waals surface area contributed by atoms with Crippen LogP contribution in [0.4, 0.5) is 11.4 Å². The summed E-state index contributed by atoms with van der Waals surface area (Å²) in [6.07, 6.45) is 0. The van der Waals surface area contributed by atoms with E-state index < -0.39 is 10.2 Å². The summed E-state index contributed by atoms with van der Waals surface area (Å²) < 4.78 is 24.1. The summed E-state index contributed by atoms with van der Waals surface area (Å²) in [5.41, 5.74) is 2.16. The minimum Gasteiger partial charge on any atom is -0.322 e. The van der Waals surface area contributed by atoms with Crippen molar-refractivity contribution in [1.29, 1.82) is 0 Å². The smallest absolute Gasteiger partial charge is 0.296 e. The van der Waals surface area contributed by atoms with Gasteiger partial charge in [-0.3, -0.25) is 9.52 Å². The number of amides is 1. The van der Waals surface area contributed by atoms with Crippen LogP contribution in [0.5, 0.6) is 0 Å². The number of carbonyl (C=O) groups is 1. The number of hydrogen-bond donors (Lipinski definition) is 3. The highest BCUT2D eigenvalue weighted by Gasteiger charge is 2.09. The molecule has 2 aromatic carbocycles. The third-order valence-electron chi connectivity index (χ3n) is 2.77. The van der Waals surface area contributed by atoms with E-state index in [4.69, 9.17) is 5.14 Å². The Kier molecular flexibility index (Phi) is 4.25. The van der Waals surface area contributed by atoms with Crippen molar-refractivity contribution >= 4 is 27.5 Å². The van der Waals surface area contributed by atoms with Crippen LogP contribution in [0.25, 0.3) is 0 Å². The van der Waals surface area contributed by atoms with Gasteiger partial charge in [0.1, 0.15) is 0 Å². The molecule has 0 unspecified atom stereocenters. The fourth-order valence-corrected chi connectivity index (χ4v) is 2.31. The van der Waals surface area contributed by atoms with Crippen molar-refractivity contribution in [2.75, 3.05) is 10.0 Å². The first-order chi connectivity index (χ1) is 9.85. The van der Waals surface area contributed by atoms with Gasteiger partial charge < -0.3 is 5.32 Å². The molecule has 0 aromatic heterocycles. The lowest BCUT2D eigenvalue weighted by atomic mass is 10.1. The quantitative estimate of drug-likeness (QED) is 0.803. The summed E-state index contributed by atoms with van der Waals surface area (Å²) in [5, 5.41) is 7.61. The number of aryl methyl sites for hydroxylation is 1. The Morgan fingerprint density at radius 2 is 1.71 bits per heavy atom. The molecule has 2 aromatic rings. The molecule has 0 saturated heterocycles. The zero-order valence-electron chi connectivity index (χ0n) is 11.3. The maximum absolute atomic E-state index is 12.2. The second kappa shape index (κ2) is 5.94. The van der Waals surface area contributed by atoms with Gasteiger partial charge in [0.05, 0.1) is 5.69 Å². The summed E-state index contributed by atoms with van der Waals surface area (Å²) in [6.45, 7) is 1.84. The highest BCUT2D eigenvalue weighted by atomic mass is 32.2. The van der Waals surface area contributed by atoms with E-state index in [0.29, 0.717) is 11.3 Å². The molecule has 110 valence electrons. The predicted octanol–water partition coefficient (Wildman–Crippen LogP) is 1.86. The molecule has 0 aliphatic rings. The molecule has 6 nitrogen and oxygen atoms in total. The van der Waals surface area contributed by atoms with Crippen LogP contribution in [0, 0.1) is 6.92 Å². The molecule has 0 radical (unpaired) electrons. The number of nitrogens with one attached hydrogen (secondary N) is 2. The first-order valence-corrected chi connectivity index (χ1v) is 7.67. The summed E-state index contributed by atoms with van der Waals surface area (Å²) in [5.74, 6) is -0.263. The van der Waals surface area contributed by atoms with Gasteiger partial charge in [0, 0.05) is 11.3 Å². The van der Waals surface area contributed by atoms with Crippen LogP contribution in [0.3, 0.4) is 0 Å². The van der Waals surface area contributed by atoms with Crippen LogP contribution < -0.4 is 15.2 Å². The average molecular weight is 305 g/mol. The predicted molar refractivity (Wildman–Crippen MR) is 82.3 cm³/mol. The second-order valence-corrected chi connectivity index (χ2v) is 5.79. The first-order valence-electron chi connectivity index (χ1n) is 6.13. The third-order valence-corrected chi connectivity index (χ3v) is 3.29. The van der Waals surface area contributed by atoms with Crippen molar-refractivity contribution in [3.63, 3.8) is 0 Å². The number of rotatable bonds is 4. The molecule has 7 heteroatoms. The largest absolute Gasteiger partial charge is 0.322 e. The maximum Gasteiger partial charge on any atom is 0.296 e. The zero-order valence-corrected chi connectivity index (χ0v) is 12.1. The molecular formula is C14H15N3O3S. The molecule has 0 fully saturated rings. The van der Waals surface area contributed by atoms with Crippen LogP contribution in [-0.2, 0) is 10.2 Å². The van der Waals surface area contributed by atoms with Crippen LogP contribution in [0.2, 0.25) is 0 Å². The van der Waals surface area contributed by atoms with Gasteiger partial charge in [-0.1, -0.05) is 24.3 Å². The lowest BCUT2D eigenvalue weighted by Crippen LogP contribution is -2.21. The molecule has 2 rings (SSSR count). The van der Waals surface area contributed by atoms with E-state index in [1.165, 1.54) is 12.1 Å². The highest BCUT2D eigenvalue weighted by molar-refractivity contribution is 7.90. The fraction of sp³-hybridized carbons (Fsp3) is 0.0714. The van der Waals surface area contributed by atoms with Crippen molar-refractivity contribution in [3.8, 4) is 0 Å². The van der Waals surface area contributed by atoms with E-state index in [2.05, 4.69) is 10.0 Å². The highest BCUT2D eigenvalue weighted by Crippen LogP contribution is 2.17. The van der Waals surface area contributed by atoms with Crippen LogP contribution in [0.1, 0.15) is 15.9 Å². The molecular weight excluding hydrogens is 290 g/mol. The molecule has 21 heavy (non-hydrogen) atoms. The normalized spacial score (nSPS) is 11.0. The Morgan fingerprint density at radius 1 is 1.05 bits per heavy atom. The number of carbonyl (C=O) groups excluding carboxylic acids is 1. The number of benzene rings is 2. The van der Waals surface area contributed by atoms with Gasteiger partial charge in [0.2, 0.25) is 0 Å². The Morgan fingerprint density at radius 3 is 2.38 bits per heavy atom. The van der Waals surface area contributed by atoms with E-state index in [9.17, 15) is 13.2 Å². The SMILES string of the molecule is Cc1ccccc1C(=O)Nc1cccc(NS(N)(=O)=O)c1. The summed E-state index contributed by atoms with van der Waals surface area (Å²) >= 11 is 0. The van der Waals surface area contributed by atoms with E-state index in [-0.39, 0.29) is 11.6 Å². The third kappa shape index (κ3) is 4.30. The summed E-state index contributed by atoms with van der Waals surface area (Å²) in [6, 6.07) is 13.5. The molecule has 0 bridgehead atoms. The van der Waals surface area contributed by atoms with Gasteiger partial charge in [-0.25, -0.2) is 5.14 Å². The standard InChI is InChI=1S/C14H15N3O3S/c1-10-5-2-3-8-13(10)14(18)16-11-6-4-7-12(9-11)17-21(15,19)20/h2-9,17H,1H3,(H,16,18)(H2,15,19,20). The van der Waals surface area contributed by atoms with Gasteiger partial charge in [-0.05, 0) is 36.8 Å². The molecule has 4 N–H and O–H groups in total. The molecule has 0 saturated carbocycles. The summed E-state index contributed by atoms with van der Waals surface area (Å²) in [7, 11) is -3.84. The Hall–Kier alpha value is -2.38. The van der Waals surface area contributed by atoms with Crippen LogP contribution >= 0.6 is 0 Å². The molecule has 0 atom stereocenters. The van der Waals surface area contributed by atoms with E-state index >= 15 is 0 Å². The number of anilines is 2. The van der Waals surface area contributed by atoms with Gasteiger partial charge in [-0.15, -0.1) is 0 Å². The van der Waals surface area contributed by atoms with Gasteiger partial charge >= 0.3 is 0 Å². The Labute approximate surface area is 123 Å². The van der Waals surface area contributed by atoms with E-state index in [1.54, 1.807) is 24.3 Å². The first kappa shape index (κ1) is 15.0. The lowest BCUT2D eigenvalue weighted by molar-refractivity contribution is 0.102. The van der Waals surface area contributed by atoms with E-state index in [1.807, 2.05) is 19.1 Å². The topological polar surface area (TPSA) is 101 Å². The van der Waals surface area contributed by atoms with Gasteiger partial charge in [-0.2, -0.15) is 8.42 Å². The molecule has 0 aliphatic carbocycles. The molecule has 1 amide bonds. The van der Waals surface area contributed by atoms with E-state index in [0.717, 1.165) is 5.56 Å². The minimum atomic E-state index is -3.84. The van der Waals surface area contributed by atoms with Crippen LogP contribution in [-0.4, -0.2) is 14.3 Å². The van der Waals surface area contributed by atoms with Crippen LogP contribution in [0.15, 0.2) is 48.5 Å². The average Bonchev–Trinajstić information content (AvgIpc) is 2.37. The lowest BCUT2D eigenvalue weighted by Gasteiger charge is -2.09. The van der Waals surface area contributed by atoms with Crippen molar-refractivity contribution in [2.45, 2.75) is 6.92 Å². The molecule has 0 spiro atoms. The molecule has 0 heterocycles. The maximum atomic E-state index is 12.2. The second-order valence-electron chi connectivity index (χ2n) is 4.50. The fourth-order valence-electron chi connectivity index (χ4n) is 1.85. The number of nitrogens with two attached hydrogens (primary N) is 1. The van der Waals surface area contributed by atoms with Gasteiger partial charge in [0.15, 0.2) is 0 Å².